The predicted octanol–water partition coefficient (Wildman–Crippen LogP) is 4.13. The van der Waals surface area contributed by atoms with E-state index < -0.39 is 0 Å². The quantitative estimate of drug-likeness (QED) is 0.727. The van der Waals surface area contributed by atoms with E-state index in [2.05, 4.69) is 23.1 Å². The van der Waals surface area contributed by atoms with E-state index in [1.807, 2.05) is 0 Å². The van der Waals surface area contributed by atoms with Gasteiger partial charge >= 0.3 is 5.91 Å². The zero-order valence-corrected chi connectivity index (χ0v) is 17.2. The normalized spacial score (nSPS) is 28.5. The summed E-state index contributed by atoms with van der Waals surface area (Å²) in [6.45, 7) is 5.96. The van der Waals surface area contributed by atoms with Crippen molar-refractivity contribution < 1.29 is 9.59 Å². The molecular weight excluding hydrogens is 360 g/mol. The third-order valence-electron chi connectivity index (χ3n) is 6.86. The largest absolute Gasteiger partial charge is 0.315 e. The Morgan fingerprint density at radius 3 is 2.63 bits per heavy atom. The molecule has 2 atom stereocenters. The number of aryl methyl sites for hydroxylation is 1. The van der Waals surface area contributed by atoms with Crippen LogP contribution in [0.5, 0.6) is 0 Å². The molecule has 1 aromatic carbocycles. The lowest BCUT2D eigenvalue weighted by molar-refractivity contribution is -0.131. The molecule has 0 N–H and O–H groups in total. The summed E-state index contributed by atoms with van der Waals surface area (Å²) in [4.78, 5) is 28.0. The third kappa shape index (κ3) is 3.72. The molecule has 4 rings (SSSR count). The summed E-state index contributed by atoms with van der Waals surface area (Å²) in [6, 6.07) is 6.64. The summed E-state index contributed by atoms with van der Waals surface area (Å²) in [5.41, 5.74) is 3.09. The fourth-order valence-corrected chi connectivity index (χ4v) is 5.44. The van der Waals surface area contributed by atoms with E-state index in [1.54, 1.807) is 6.92 Å². The summed E-state index contributed by atoms with van der Waals surface area (Å²) in [5.74, 6) is 0.486. The topological polar surface area (TPSA) is 37.4 Å². The van der Waals surface area contributed by atoms with Gasteiger partial charge in [0.2, 0.25) is 0 Å². The zero-order valence-electron chi connectivity index (χ0n) is 16.4. The first-order chi connectivity index (χ1) is 12.6. The number of rotatable bonds is 3. The van der Waals surface area contributed by atoms with Crippen LogP contribution in [0.25, 0.3) is 0 Å². The van der Waals surface area contributed by atoms with Gasteiger partial charge in [-0.05, 0) is 63.2 Å². The molecule has 1 unspecified atom stereocenters. The van der Waals surface area contributed by atoms with E-state index in [0.717, 1.165) is 63.1 Å². The monoisotopic (exact) mass is 391 g/mol. The van der Waals surface area contributed by atoms with Crippen molar-refractivity contribution in [2.75, 3.05) is 26.2 Å². The minimum atomic E-state index is 0. The number of carbonyl (C=O) groups excluding carboxylic acids is 2. The van der Waals surface area contributed by atoms with Crippen LogP contribution in [0.15, 0.2) is 18.2 Å². The van der Waals surface area contributed by atoms with Gasteiger partial charge in [-0.2, -0.15) is 0 Å². The van der Waals surface area contributed by atoms with Gasteiger partial charge in [0.15, 0.2) is 5.78 Å². The van der Waals surface area contributed by atoms with Crippen LogP contribution in [0, 0.1) is 0 Å². The van der Waals surface area contributed by atoms with Crippen LogP contribution >= 0.6 is 12.4 Å². The Balaban J connectivity index is 0.00000210. The lowest BCUT2D eigenvalue weighted by atomic mass is 9.88. The molecule has 0 radical (unpaired) electrons. The maximum Gasteiger partial charge on any atom is 0.315 e. The highest BCUT2D eigenvalue weighted by atomic mass is 35.5. The summed E-state index contributed by atoms with van der Waals surface area (Å²) in [7, 11) is 0. The van der Waals surface area contributed by atoms with E-state index in [-0.39, 0.29) is 24.1 Å². The van der Waals surface area contributed by atoms with Crippen molar-refractivity contribution in [3.05, 3.63) is 29.3 Å². The fourth-order valence-electron chi connectivity index (χ4n) is 5.44. The van der Waals surface area contributed by atoms with Crippen molar-refractivity contribution in [1.29, 1.82) is 0 Å². The first-order valence-electron chi connectivity index (χ1n) is 10.4. The maximum atomic E-state index is 13.0. The van der Waals surface area contributed by atoms with Gasteiger partial charge in [-0.1, -0.05) is 6.07 Å². The van der Waals surface area contributed by atoms with Crippen LogP contribution < -0.4 is 4.48 Å². The number of benzene rings is 1. The van der Waals surface area contributed by atoms with E-state index in [0.29, 0.717) is 16.9 Å². The van der Waals surface area contributed by atoms with E-state index >= 15 is 0 Å². The SMILES string of the molecule is CC(=O)[N+]1(c2ccc3c(c2)C(=O)CCC3)CCCC[C@H]1CN1CCCC1.Cl. The molecule has 0 spiro atoms. The number of carbonyl (C=O) groups is 2. The van der Waals surface area contributed by atoms with Crippen LogP contribution in [-0.2, 0) is 11.2 Å². The van der Waals surface area contributed by atoms with Crippen molar-refractivity contribution in [1.82, 2.24) is 9.38 Å². The molecule has 0 bridgehead atoms. The predicted molar refractivity (Wildman–Crippen MR) is 112 cm³/mol. The average molecular weight is 392 g/mol. The van der Waals surface area contributed by atoms with Gasteiger partial charge in [0, 0.05) is 24.5 Å². The molecule has 2 fully saturated rings. The number of halogens is 1. The number of fused-ring (bicyclic) bond motifs is 1. The fraction of sp³-hybridized carbons (Fsp3) is 0.636. The Morgan fingerprint density at radius 1 is 1.11 bits per heavy atom. The molecule has 0 aromatic heterocycles. The second kappa shape index (κ2) is 8.42. The van der Waals surface area contributed by atoms with Crippen LogP contribution in [-0.4, -0.2) is 48.8 Å². The summed E-state index contributed by atoms with van der Waals surface area (Å²) >= 11 is 0. The highest BCUT2D eigenvalue weighted by Gasteiger charge is 2.47. The smallest absolute Gasteiger partial charge is 0.298 e. The summed E-state index contributed by atoms with van der Waals surface area (Å²) in [5, 5.41) is 0. The zero-order chi connectivity index (χ0) is 18.1. The molecule has 2 saturated heterocycles. The molecule has 1 amide bonds. The first-order valence-corrected chi connectivity index (χ1v) is 10.4. The molecule has 1 aliphatic carbocycles. The number of likely N-dealkylation sites (tertiary alicyclic amines) is 2. The van der Waals surface area contributed by atoms with Gasteiger partial charge in [-0.15, -0.1) is 12.4 Å². The number of piperidine rings is 1. The first kappa shape index (κ1) is 20.5. The number of amides is 1. The van der Waals surface area contributed by atoms with Gasteiger partial charge in [0.25, 0.3) is 0 Å². The van der Waals surface area contributed by atoms with Gasteiger partial charge in [-0.25, -0.2) is 9.28 Å². The maximum absolute atomic E-state index is 13.0. The molecule has 148 valence electrons. The second-order valence-corrected chi connectivity index (χ2v) is 8.39. The number of quaternary nitrogens is 1. The van der Waals surface area contributed by atoms with Crippen LogP contribution in [0.2, 0.25) is 0 Å². The van der Waals surface area contributed by atoms with Crippen molar-refractivity contribution in [3.63, 3.8) is 0 Å². The number of nitrogens with zero attached hydrogens (tertiary/aromatic N) is 2. The lowest BCUT2D eigenvalue weighted by Crippen LogP contribution is -2.65. The third-order valence-corrected chi connectivity index (χ3v) is 6.86. The van der Waals surface area contributed by atoms with Crippen molar-refractivity contribution in [2.45, 2.75) is 64.3 Å². The molecule has 2 aliphatic heterocycles. The van der Waals surface area contributed by atoms with Crippen LogP contribution in [0.4, 0.5) is 5.69 Å². The van der Waals surface area contributed by atoms with Crippen LogP contribution in [0.1, 0.15) is 67.8 Å². The Kier molecular flexibility index (Phi) is 6.39. The van der Waals surface area contributed by atoms with Crippen molar-refractivity contribution >= 4 is 29.8 Å². The van der Waals surface area contributed by atoms with Crippen molar-refractivity contribution in [2.24, 2.45) is 0 Å². The molecule has 0 saturated carbocycles. The van der Waals surface area contributed by atoms with E-state index in [4.69, 9.17) is 0 Å². The van der Waals surface area contributed by atoms with Crippen molar-refractivity contribution in [3.8, 4) is 0 Å². The average Bonchev–Trinajstić information content (AvgIpc) is 3.15. The molecule has 2 heterocycles. The molecule has 3 aliphatic rings. The van der Waals surface area contributed by atoms with E-state index in [9.17, 15) is 9.59 Å². The minimum Gasteiger partial charge on any atom is -0.298 e. The Hall–Kier alpha value is -1.23. The molecular formula is C22H32ClN2O2+. The number of hydrogen-bond donors (Lipinski definition) is 0. The Morgan fingerprint density at radius 2 is 1.89 bits per heavy atom. The minimum absolute atomic E-state index is 0. The molecule has 5 heteroatoms. The van der Waals surface area contributed by atoms with Gasteiger partial charge in [0.1, 0.15) is 11.7 Å². The van der Waals surface area contributed by atoms with E-state index in [1.165, 1.54) is 24.8 Å². The number of ketones is 1. The summed E-state index contributed by atoms with van der Waals surface area (Å²) in [6.07, 6.45) is 8.53. The molecule has 27 heavy (non-hydrogen) atoms. The Bertz CT molecular complexity index is 714. The highest BCUT2D eigenvalue weighted by Crippen LogP contribution is 2.37. The highest BCUT2D eigenvalue weighted by molar-refractivity contribution is 6.00. The molecule has 1 aromatic rings. The number of hydrogen-bond acceptors (Lipinski definition) is 3. The van der Waals surface area contributed by atoms with Gasteiger partial charge in [-0.3, -0.25) is 9.69 Å². The van der Waals surface area contributed by atoms with Gasteiger partial charge in [0.05, 0.1) is 20.0 Å². The molecule has 4 nitrogen and oxygen atoms in total. The van der Waals surface area contributed by atoms with Gasteiger partial charge < -0.3 is 0 Å². The van der Waals surface area contributed by atoms with Crippen LogP contribution in [0.3, 0.4) is 0 Å². The number of Topliss-reactive ketones (excluding diaryl/α,β-unsaturated/α-hetero) is 1. The second-order valence-electron chi connectivity index (χ2n) is 8.39. The standard InChI is InChI=1S/C22H31N2O2.ClH/c1-17(25)24(14-5-2-8-20(24)16-23-12-3-4-13-23)19-11-10-18-7-6-9-22(26)21(18)15-19;/h10-11,15,20H,2-9,12-14,16H2,1H3;1H/q+1;/t20-,24?;/m0./s1. The lowest BCUT2D eigenvalue weighted by Gasteiger charge is -2.45. The summed E-state index contributed by atoms with van der Waals surface area (Å²) < 4.78 is 0.442. The Labute approximate surface area is 168 Å².